The number of primary amides is 2. The van der Waals surface area contributed by atoms with E-state index in [1.54, 1.807) is 64.3 Å². The van der Waals surface area contributed by atoms with Crippen LogP contribution in [0.1, 0.15) is 51.2 Å². The molecule has 23 aromatic rings. The molecule has 135 heavy (non-hydrogen) atoms. The number of carbonyl (C=O) groups excluding carboxylic acids is 3. The fraction of sp³-hybridized carbons (Fsp3) is 0.0680. The van der Waals surface area contributed by atoms with Crippen molar-refractivity contribution < 1.29 is 158 Å². The van der Waals surface area contributed by atoms with Gasteiger partial charge in [0.15, 0.2) is 0 Å². The van der Waals surface area contributed by atoms with Crippen LogP contribution in [0.2, 0.25) is 5.15 Å². The third kappa shape index (κ3) is 21.8. The Morgan fingerprint density at radius 3 is 1.24 bits per heavy atom. The fourth-order valence-corrected chi connectivity index (χ4v) is 23.3. The van der Waals surface area contributed by atoms with E-state index in [-0.39, 0.29) is 116 Å². The Kier molecular flexibility index (Phi) is 33.6. The molecule has 0 spiro atoms. The third-order valence-electron chi connectivity index (χ3n) is 22.9. The van der Waals surface area contributed by atoms with Crippen LogP contribution in [-0.4, -0.2) is 75.9 Å². The molecular formula is C103H76B2BrCl4FK2N5O11PS5. The number of fused-ring (bicyclic) bond motifs is 27. The third-order valence-corrected chi connectivity index (χ3v) is 29.9. The van der Waals surface area contributed by atoms with E-state index in [1.165, 1.54) is 112 Å². The van der Waals surface area contributed by atoms with Crippen molar-refractivity contribution in [3.05, 3.63) is 347 Å². The average Bonchev–Trinajstić information content (AvgIpc) is 1.62. The molecule has 0 aliphatic carbocycles. The normalized spacial score (nSPS) is 12.5. The summed E-state index contributed by atoms with van der Waals surface area (Å²) in [5.41, 5.74) is 17.1. The second-order valence-electron chi connectivity index (χ2n) is 31.2. The van der Waals surface area contributed by atoms with Crippen molar-refractivity contribution in [2.45, 2.75) is 38.9 Å². The van der Waals surface area contributed by atoms with Gasteiger partial charge in [0.25, 0.3) is 12.0 Å². The number of H-pyrrole nitrogens is 1. The van der Waals surface area contributed by atoms with Crippen molar-refractivity contribution in [2.75, 3.05) is 7.15 Å². The maximum Gasteiger partial charge on any atom is 1.00 e. The summed E-state index contributed by atoms with van der Waals surface area (Å²) in [6, 6.07) is 106. The Hall–Kier alpha value is -8.38. The molecule has 0 bridgehead atoms. The van der Waals surface area contributed by atoms with Crippen LogP contribution < -0.4 is 136 Å². The van der Waals surface area contributed by atoms with Gasteiger partial charge in [0.1, 0.15) is 5.15 Å². The van der Waals surface area contributed by atoms with Crippen LogP contribution in [0, 0.1) is 0 Å². The van der Waals surface area contributed by atoms with Gasteiger partial charge in [-0.05, 0) is 183 Å². The molecule has 1 saturated heterocycles. The van der Waals surface area contributed by atoms with Gasteiger partial charge in [0.2, 0.25) is 11.8 Å². The van der Waals surface area contributed by atoms with Gasteiger partial charge >= 0.3 is 122 Å². The summed E-state index contributed by atoms with van der Waals surface area (Å²) >= 11 is 32.2. The van der Waals surface area contributed by atoms with E-state index < -0.39 is 49.6 Å². The Bertz CT molecular complexity index is 8580. The first kappa shape index (κ1) is 101. The molecule has 0 saturated carbocycles. The molecule has 32 heteroatoms. The minimum Gasteiger partial charge on any atom is -1.00 e. The number of carbonyl (C=O) groups is 3. The number of rotatable bonds is 6. The van der Waals surface area contributed by atoms with E-state index in [0.29, 0.717) is 21.7 Å². The molecule has 0 unspecified atom stereocenters. The number of amides is 2. The van der Waals surface area contributed by atoms with Crippen LogP contribution in [0.15, 0.2) is 325 Å². The molecule has 1 aliphatic heterocycles. The topological polar surface area (TPSA) is 270 Å². The molecule has 16 nitrogen and oxygen atoms in total. The first-order chi connectivity index (χ1) is 64.6. The number of benzene rings is 15. The number of hydrogen-bond acceptors (Lipinski definition) is 18. The quantitative estimate of drug-likeness (QED) is 0.0197. The monoisotopic (exact) mass is 2090 g/mol. The second kappa shape index (κ2) is 44.8. The van der Waals surface area contributed by atoms with Crippen LogP contribution in [-0.2, 0) is 23.6 Å². The molecule has 664 valence electrons. The zero-order chi connectivity index (χ0) is 94.4. The molecule has 15 aromatic carbocycles. The van der Waals surface area contributed by atoms with Gasteiger partial charge in [-0.3, -0.25) is 33.1 Å². The minimum atomic E-state index is -3.22. The molecule has 0 radical (unpaired) electrons. The molecule has 24 rings (SSSR count). The van der Waals surface area contributed by atoms with Crippen LogP contribution >= 0.6 is 123 Å². The van der Waals surface area contributed by atoms with Crippen molar-refractivity contribution in [1.29, 1.82) is 0 Å². The van der Waals surface area contributed by atoms with Gasteiger partial charge in [0, 0.05) is 143 Å². The number of nitrogens with two attached hydrogens (primary N) is 2. The largest absolute Gasteiger partial charge is 1.00 e. The van der Waals surface area contributed by atoms with Gasteiger partial charge in [-0.2, -0.15) is 0 Å². The first-order valence-electron chi connectivity index (χ1n) is 41.8. The maximum atomic E-state index is 12.2. The number of alkyl halides is 1. The standard InChI is InChI=1S/C25H22BNO2S.C19H10ClNS.C19H11NOS.C19H13NOS.C12H9BO2S.C7H6BrNO.CH3F.CH2O3.Cl3OP.2K.H/c1-24(2)25(3,4)29-26(28-24)23-18-11-6-5-10-16(18)21-19(27-23)14-13-17-15-9-7-8-12-20(15)30-22(17)21;20-19-14-7-2-1-6-12(14)17-15(21-19)10-9-13-11-5-3-4-8-16(11)22-18(13)17;21-19-14-7-2-1-6-12(14)17-15(20-19)10-9-13-11-5-3-4-8-16(11)22-18(13)17;20-19(21)16-8-2-1-6-12(16)14-9-5-10-15-13-7-3-4-11-17(13)22-18(14)15;14-13(15)10-6-3-5-9-8-4-1-2-7-11(8)16-12(9)10;8-6-4-2-1-3-5(6)7(9)10;1-2;2-1-4-3;1-5(2,3)4;;;/h5-14H,1-4H3;1-10H;1-10H,(H,20,21);1-11H,(H2,20,21);1-7,14-15H;1-4H,(H2,9,10);1H3;1,3H;;;;/q;;;;;;;;;2*+1;-1/p-1/i;;;;;;1D;;;;;. The summed E-state index contributed by atoms with van der Waals surface area (Å²) in [7, 11) is -2.89. The van der Waals surface area contributed by atoms with Crippen molar-refractivity contribution in [1.82, 2.24) is 15.0 Å². The number of pyridine rings is 3. The van der Waals surface area contributed by atoms with Gasteiger partial charge in [-0.1, -0.05) is 254 Å². The van der Waals surface area contributed by atoms with E-state index in [1.807, 2.05) is 126 Å². The number of nitrogens with one attached hydrogen (secondary N) is 1. The summed E-state index contributed by atoms with van der Waals surface area (Å²) in [5.74, 6) is -0.804. The van der Waals surface area contributed by atoms with Crippen LogP contribution in [0.5, 0.6) is 0 Å². The Morgan fingerprint density at radius 2 is 0.800 bits per heavy atom. The Balaban J connectivity index is 0.000000138. The predicted octanol–water partition coefficient (Wildman–Crippen LogP) is 21.6. The first-order valence-corrected chi connectivity index (χ1v) is 50.7. The predicted molar refractivity (Wildman–Crippen MR) is 566 cm³/mol. The molecule has 1 aliphatic rings. The molecule has 0 atom stereocenters. The Morgan fingerprint density at radius 1 is 0.474 bits per heavy atom. The van der Waals surface area contributed by atoms with Crippen LogP contribution in [0.4, 0.5) is 4.39 Å². The van der Waals surface area contributed by atoms with E-state index in [9.17, 15) is 33.4 Å². The molecule has 7 N–H and O–H groups in total. The minimum absolute atomic E-state index is 0. The number of hydrogen-bond donors (Lipinski definition) is 5. The molecule has 2 amide bonds. The summed E-state index contributed by atoms with van der Waals surface area (Å²) in [6.45, 7) is 8.14. The maximum absolute atomic E-state index is 12.2. The molecule has 9 heterocycles. The number of nitrogens with zero attached hydrogens (tertiary/aromatic N) is 2. The van der Waals surface area contributed by atoms with E-state index >= 15 is 0 Å². The summed E-state index contributed by atoms with van der Waals surface area (Å²) < 4.78 is 50.8. The molecule has 8 aromatic heterocycles. The zero-order valence-electron chi connectivity index (χ0n) is 74.8. The summed E-state index contributed by atoms with van der Waals surface area (Å²) in [6.07, 6.45) is 0. The fourth-order valence-electron chi connectivity index (χ4n) is 16.3. The van der Waals surface area contributed by atoms with Gasteiger partial charge < -0.3 is 47.4 Å². The summed E-state index contributed by atoms with van der Waals surface area (Å²) in [5, 5.41) is 46.7. The van der Waals surface area contributed by atoms with Gasteiger partial charge in [-0.15, -0.1) is 56.7 Å². The number of aromatic nitrogens is 3. The van der Waals surface area contributed by atoms with Gasteiger partial charge in [0.05, 0.1) is 47.4 Å². The van der Waals surface area contributed by atoms with E-state index in [0.717, 1.165) is 74.8 Å². The smallest absolute Gasteiger partial charge is 1.00 e. The number of aromatic amines is 1. The van der Waals surface area contributed by atoms with E-state index in [2.05, 4.69) is 274 Å². The van der Waals surface area contributed by atoms with Crippen molar-refractivity contribution in [3.63, 3.8) is 0 Å². The van der Waals surface area contributed by atoms with Crippen LogP contribution in [0.3, 0.4) is 0 Å². The van der Waals surface area contributed by atoms with Crippen molar-refractivity contribution >= 4 is 333 Å². The molecule has 1 fully saturated rings. The average molecular weight is 2090 g/mol. The van der Waals surface area contributed by atoms with Gasteiger partial charge in [-0.25, -0.2) is 4.98 Å². The molecular weight excluding hydrogens is 2010 g/mol. The zero-order valence-corrected chi connectivity index (χ0v) is 88.7. The second-order valence-corrected chi connectivity index (χ2v) is 44.3. The Labute approximate surface area is 909 Å². The van der Waals surface area contributed by atoms with E-state index in [4.69, 9.17) is 48.8 Å². The SMILES string of the molecule is CC1(C)OB(c2nc3ccc4c5ccccc5sc4c3c3ccccc23)OC1(C)C.Clc1nc2ccc3c4ccccc4sc3c2c2ccccc12.NC(=O)c1ccccc1-c1cccc2c1sc1ccccc12.NC(=O)c1ccccc1Br.O=CO[O-].O=P(Cl)(Cl)Cl.O=c1[nH]c2ccc3c4ccccc4sc3c2c2ccccc12.OB(O)c1cccc2c1sc1ccccc12.[2H]CF.[H-].[K+].[K+]. The van der Waals surface area contributed by atoms with Crippen molar-refractivity contribution in [2.24, 2.45) is 11.5 Å². The summed E-state index contributed by atoms with van der Waals surface area (Å²) in [4.78, 5) is 58.6. The van der Waals surface area contributed by atoms with Crippen LogP contribution in [0.25, 0.3) is 177 Å². The number of halogens is 6. The number of thiophene rings is 5. The van der Waals surface area contributed by atoms with Crippen molar-refractivity contribution in [3.8, 4) is 11.1 Å².